The Balaban J connectivity index is 4.06. The Morgan fingerprint density at radius 1 is 1.31 bits per heavy atom. The third kappa shape index (κ3) is 5.49. The molecule has 0 radical (unpaired) electrons. The van der Waals surface area contributed by atoms with Crippen molar-refractivity contribution in [2.75, 3.05) is 13.1 Å². The molecule has 0 saturated heterocycles. The van der Waals surface area contributed by atoms with Crippen molar-refractivity contribution in [2.45, 2.75) is 32.9 Å². The van der Waals surface area contributed by atoms with Gasteiger partial charge in [0.05, 0.1) is 0 Å². The average molecular weight is 197 g/mol. The van der Waals surface area contributed by atoms with E-state index in [1.54, 1.807) is 6.92 Å². The van der Waals surface area contributed by atoms with Gasteiger partial charge in [0, 0.05) is 13.1 Å². The first-order valence-corrected chi connectivity index (χ1v) is 4.25. The molecule has 0 aliphatic carbocycles. The van der Waals surface area contributed by atoms with E-state index in [0.29, 0.717) is 19.5 Å². The van der Waals surface area contributed by atoms with Gasteiger partial charge in [-0.05, 0) is 13.3 Å². The molecule has 0 bridgehead atoms. The van der Waals surface area contributed by atoms with Crippen LogP contribution in [0.4, 0.5) is 13.2 Å². The summed E-state index contributed by atoms with van der Waals surface area (Å²) in [6.07, 6.45) is -5.06. The molecular weight excluding hydrogens is 183 g/mol. The van der Waals surface area contributed by atoms with Crippen molar-refractivity contribution >= 4 is 5.91 Å². The number of alkyl halides is 3. The van der Waals surface area contributed by atoms with Crippen molar-refractivity contribution in [3.63, 3.8) is 0 Å². The largest absolute Gasteiger partial charge is 0.397 e. The van der Waals surface area contributed by atoms with Crippen LogP contribution >= 0.6 is 0 Å². The molecule has 78 valence electrons. The smallest absolute Gasteiger partial charge is 0.343 e. The predicted octanol–water partition coefficient (Wildman–Crippen LogP) is 2.20. The van der Waals surface area contributed by atoms with Crippen LogP contribution in [0.2, 0.25) is 0 Å². The molecule has 0 aromatic rings. The van der Waals surface area contributed by atoms with Crippen molar-refractivity contribution in [1.82, 2.24) is 4.90 Å². The quantitative estimate of drug-likeness (QED) is 0.676. The molecule has 0 spiro atoms. The first kappa shape index (κ1) is 12.3. The van der Waals surface area contributed by atoms with Crippen LogP contribution in [0.3, 0.4) is 0 Å². The third-order valence-electron chi connectivity index (χ3n) is 1.58. The van der Waals surface area contributed by atoms with Crippen LogP contribution in [0, 0.1) is 0 Å². The number of carbonyl (C=O) groups is 1. The van der Waals surface area contributed by atoms with Crippen LogP contribution in [0.5, 0.6) is 0 Å². The van der Waals surface area contributed by atoms with Gasteiger partial charge in [0.25, 0.3) is 0 Å². The number of hydrogen-bond acceptors (Lipinski definition) is 1. The predicted molar refractivity (Wildman–Crippen MR) is 43.2 cm³/mol. The minimum absolute atomic E-state index is 0.336. The maximum absolute atomic E-state index is 11.8. The van der Waals surface area contributed by atoms with Crippen molar-refractivity contribution < 1.29 is 18.0 Å². The summed E-state index contributed by atoms with van der Waals surface area (Å²) in [6, 6.07) is 0. The van der Waals surface area contributed by atoms with Crippen LogP contribution in [-0.4, -0.2) is 30.1 Å². The van der Waals surface area contributed by atoms with Crippen LogP contribution in [0.15, 0.2) is 0 Å². The Morgan fingerprint density at radius 2 is 1.85 bits per heavy atom. The number of nitrogens with zero attached hydrogens (tertiary/aromatic N) is 1. The average Bonchev–Trinajstić information content (AvgIpc) is 1.96. The number of halogens is 3. The van der Waals surface area contributed by atoms with Crippen LogP contribution in [-0.2, 0) is 4.79 Å². The van der Waals surface area contributed by atoms with E-state index in [-0.39, 0.29) is 0 Å². The van der Waals surface area contributed by atoms with E-state index < -0.39 is 18.5 Å². The zero-order chi connectivity index (χ0) is 10.5. The Bertz CT molecular complexity index is 167. The Labute approximate surface area is 75.7 Å². The van der Waals surface area contributed by atoms with Crippen LogP contribution < -0.4 is 0 Å². The lowest BCUT2D eigenvalue weighted by Crippen LogP contribution is -2.34. The minimum atomic E-state index is -4.39. The fourth-order valence-corrected chi connectivity index (χ4v) is 1.01. The van der Waals surface area contributed by atoms with Crippen molar-refractivity contribution in [3.05, 3.63) is 0 Å². The van der Waals surface area contributed by atoms with E-state index in [4.69, 9.17) is 0 Å². The molecule has 0 aliphatic heterocycles. The van der Waals surface area contributed by atoms with Gasteiger partial charge >= 0.3 is 6.18 Å². The molecule has 0 aliphatic rings. The zero-order valence-corrected chi connectivity index (χ0v) is 7.82. The summed E-state index contributed by atoms with van der Waals surface area (Å²) in [6.45, 7) is 4.22. The highest BCUT2D eigenvalue weighted by Crippen LogP contribution is 2.20. The summed E-state index contributed by atoms with van der Waals surface area (Å²) in [7, 11) is 0. The standard InChI is InChI=1S/C8H14F3NO/c1-3-5-12(4-2)7(13)6-8(9,10)11/h3-6H2,1-2H3. The van der Waals surface area contributed by atoms with E-state index >= 15 is 0 Å². The second-order valence-electron chi connectivity index (χ2n) is 2.77. The maximum atomic E-state index is 11.8. The number of hydrogen-bond donors (Lipinski definition) is 0. The lowest BCUT2D eigenvalue weighted by atomic mass is 10.3. The summed E-state index contributed by atoms with van der Waals surface area (Å²) >= 11 is 0. The number of carbonyl (C=O) groups excluding carboxylic acids is 1. The molecule has 1 amide bonds. The van der Waals surface area contributed by atoms with E-state index in [1.165, 1.54) is 4.90 Å². The molecule has 0 atom stereocenters. The first-order chi connectivity index (χ1) is 5.90. The van der Waals surface area contributed by atoms with Gasteiger partial charge in [0.1, 0.15) is 6.42 Å². The van der Waals surface area contributed by atoms with Crippen LogP contribution in [0.1, 0.15) is 26.7 Å². The second kappa shape index (κ2) is 5.09. The first-order valence-electron chi connectivity index (χ1n) is 4.25. The monoisotopic (exact) mass is 197 g/mol. The zero-order valence-electron chi connectivity index (χ0n) is 7.82. The van der Waals surface area contributed by atoms with E-state index in [1.807, 2.05) is 6.92 Å². The lowest BCUT2D eigenvalue weighted by Gasteiger charge is -2.20. The van der Waals surface area contributed by atoms with E-state index in [0.717, 1.165) is 0 Å². The molecule has 0 rings (SSSR count). The molecule has 0 N–H and O–H groups in total. The minimum Gasteiger partial charge on any atom is -0.343 e. The highest BCUT2D eigenvalue weighted by Gasteiger charge is 2.32. The lowest BCUT2D eigenvalue weighted by molar-refractivity contribution is -0.161. The van der Waals surface area contributed by atoms with Gasteiger partial charge in [-0.25, -0.2) is 0 Å². The number of amides is 1. The van der Waals surface area contributed by atoms with Gasteiger partial charge in [-0.3, -0.25) is 4.79 Å². The molecule has 0 saturated carbocycles. The number of rotatable bonds is 4. The topological polar surface area (TPSA) is 20.3 Å². The summed E-state index contributed by atoms with van der Waals surface area (Å²) in [4.78, 5) is 12.2. The fraction of sp³-hybridized carbons (Fsp3) is 0.875. The van der Waals surface area contributed by atoms with Crippen LogP contribution in [0.25, 0.3) is 0 Å². The van der Waals surface area contributed by atoms with Gasteiger partial charge in [0.2, 0.25) is 5.91 Å². The Hall–Kier alpha value is -0.740. The molecule has 2 nitrogen and oxygen atoms in total. The highest BCUT2D eigenvalue weighted by atomic mass is 19.4. The summed E-state index contributed by atoms with van der Waals surface area (Å²) in [5.74, 6) is -0.836. The van der Waals surface area contributed by atoms with Gasteiger partial charge in [0.15, 0.2) is 0 Å². The molecule has 5 heteroatoms. The van der Waals surface area contributed by atoms with Gasteiger partial charge in [-0.2, -0.15) is 13.2 Å². The van der Waals surface area contributed by atoms with Gasteiger partial charge in [-0.15, -0.1) is 0 Å². The molecule has 0 fully saturated rings. The van der Waals surface area contributed by atoms with Gasteiger partial charge < -0.3 is 4.90 Å². The maximum Gasteiger partial charge on any atom is 0.397 e. The fourth-order valence-electron chi connectivity index (χ4n) is 1.01. The summed E-state index contributed by atoms with van der Waals surface area (Å²) in [5.41, 5.74) is 0. The van der Waals surface area contributed by atoms with Crippen molar-refractivity contribution in [1.29, 1.82) is 0 Å². The Kier molecular flexibility index (Phi) is 4.80. The van der Waals surface area contributed by atoms with Gasteiger partial charge in [-0.1, -0.05) is 6.92 Å². The van der Waals surface area contributed by atoms with Crippen molar-refractivity contribution in [3.8, 4) is 0 Å². The molecule has 0 heterocycles. The van der Waals surface area contributed by atoms with E-state index in [9.17, 15) is 18.0 Å². The summed E-state index contributed by atoms with van der Waals surface area (Å²) in [5, 5.41) is 0. The highest BCUT2D eigenvalue weighted by molar-refractivity contribution is 5.76. The molecular formula is C8H14F3NO. The normalized spacial score (nSPS) is 11.5. The molecule has 0 unspecified atom stereocenters. The molecule has 0 aromatic heterocycles. The molecule has 13 heavy (non-hydrogen) atoms. The Morgan fingerprint density at radius 3 is 2.15 bits per heavy atom. The molecule has 0 aromatic carbocycles. The van der Waals surface area contributed by atoms with Crippen molar-refractivity contribution in [2.24, 2.45) is 0 Å². The second-order valence-corrected chi connectivity index (χ2v) is 2.77. The SMILES string of the molecule is CCCN(CC)C(=O)CC(F)(F)F. The summed E-state index contributed by atoms with van der Waals surface area (Å²) < 4.78 is 35.4. The van der Waals surface area contributed by atoms with E-state index in [2.05, 4.69) is 0 Å². The third-order valence-corrected chi connectivity index (χ3v) is 1.58.